The Morgan fingerprint density at radius 2 is 1.74 bits per heavy atom. The molecule has 2 aromatic carbocycles. The van der Waals surface area contributed by atoms with Crippen molar-refractivity contribution in [3.63, 3.8) is 0 Å². The molecule has 0 bridgehead atoms. The third-order valence-corrected chi connectivity index (χ3v) is 3.16. The molecule has 4 nitrogen and oxygen atoms in total. The van der Waals surface area contributed by atoms with Crippen molar-refractivity contribution in [1.82, 2.24) is 0 Å². The summed E-state index contributed by atoms with van der Waals surface area (Å²) < 4.78 is 10.2. The Labute approximate surface area is 135 Å². The van der Waals surface area contributed by atoms with Crippen LogP contribution < -0.4 is 0 Å². The van der Waals surface area contributed by atoms with Crippen LogP contribution in [0.1, 0.15) is 17.3 Å². The smallest absolute Gasteiger partial charge is 0.338 e. The van der Waals surface area contributed by atoms with E-state index in [1.54, 1.807) is 19.1 Å². The Morgan fingerprint density at radius 3 is 2.43 bits per heavy atom. The fraction of sp³-hybridized carbons (Fsp3) is 0.158. The van der Waals surface area contributed by atoms with Crippen LogP contribution in [0.15, 0.2) is 67.3 Å². The van der Waals surface area contributed by atoms with Gasteiger partial charge in [-0.15, -0.1) is 0 Å². The zero-order chi connectivity index (χ0) is 16.7. The Bertz CT molecular complexity index is 692. The summed E-state index contributed by atoms with van der Waals surface area (Å²) in [6.07, 6.45) is 0.538. The van der Waals surface area contributed by atoms with Crippen molar-refractivity contribution in [3.05, 3.63) is 72.8 Å². The van der Waals surface area contributed by atoms with E-state index in [4.69, 9.17) is 9.47 Å². The molecular weight excluding hydrogens is 292 g/mol. The summed E-state index contributed by atoms with van der Waals surface area (Å²) in [5.74, 6) is -0.996. The molecule has 0 spiro atoms. The minimum absolute atomic E-state index is 0.0124. The summed E-state index contributed by atoms with van der Waals surface area (Å²) in [7, 11) is 0. The maximum Gasteiger partial charge on any atom is 0.338 e. The summed E-state index contributed by atoms with van der Waals surface area (Å²) in [6.45, 7) is 4.96. The largest absolute Gasteiger partial charge is 0.458 e. The van der Waals surface area contributed by atoms with Crippen LogP contribution in [0.5, 0.6) is 0 Å². The normalized spacial score (nSPS) is 11.3. The fourth-order valence-corrected chi connectivity index (χ4v) is 2.08. The Kier molecular flexibility index (Phi) is 5.69. The van der Waals surface area contributed by atoms with Gasteiger partial charge < -0.3 is 9.47 Å². The third-order valence-electron chi connectivity index (χ3n) is 3.16. The lowest BCUT2D eigenvalue weighted by molar-refractivity contribution is -0.144. The fourth-order valence-electron chi connectivity index (χ4n) is 2.08. The molecule has 0 saturated carbocycles. The van der Waals surface area contributed by atoms with Crippen LogP contribution in [0.2, 0.25) is 0 Å². The molecule has 0 aliphatic rings. The van der Waals surface area contributed by atoms with Crippen molar-refractivity contribution in [2.24, 2.45) is 0 Å². The molecule has 0 aliphatic heterocycles. The zero-order valence-electron chi connectivity index (χ0n) is 12.9. The molecule has 0 saturated heterocycles. The number of hydrogen-bond acceptors (Lipinski definition) is 4. The van der Waals surface area contributed by atoms with Gasteiger partial charge in [-0.05, 0) is 24.1 Å². The van der Waals surface area contributed by atoms with E-state index in [-0.39, 0.29) is 6.61 Å². The van der Waals surface area contributed by atoms with Gasteiger partial charge in [0.05, 0.1) is 5.56 Å². The summed E-state index contributed by atoms with van der Waals surface area (Å²) in [4.78, 5) is 23.4. The van der Waals surface area contributed by atoms with Crippen molar-refractivity contribution < 1.29 is 19.1 Å². The minimum atomic E-state index is -0.543. The minimum Gasteiger partial charge on any atom is -0.458 e. The predicted molar refractivity (Wildman–Crippen MR) is 87.9 cm³/mol. The molecular formula is C19H18O4. The van der Waals surface area contributed by atoms with E-state index in [9.17, 15) is 9.59 Å². The van der Waals surface area contributed by atoms with E-state index < -0.39 is 18.0 Å². The molecule has 1 unspecified atom stereocenters. The van der Waals surface area contributed by atoms with Crippen LogP contribution in [-0.4, -0.2) is 24.6 Å². The van der Waals surface area contributed by atoms with Gasteiger partial charge in [0.15, 0.2) is 0 Å². The number of hydrogen-bond donors (Lipinski definition) is 0. The van der Waals surface area contributed by atoms with Crippen molar-refractivity contribution in [2.45, 2.75) is 13.0 Å². The van der Waals surface area contributed by atoms with Crippen LogP contribution in [0.3, 0.4) is 0 Å². The lowest BCUT2D eigenvalue weighted by Gasteiger charge is -2.14. The van der Waals surface area contributed by atoms with Crippen LogP contribution >= 0.6 is 0 Å². The second-order valence-electron chi connectivity index (χ2n) is 4.96. The number of ether oxygens (including phenoxy) is 2. The van der Waals surface area contributed by atoms with Crippen molar-refractivity contribution in [1.29, 1.82) is 0 Å². The molecule has 0 amide bonds. The maximum atomic E-state index is 12.3. The van der Waals surface area contributed by atoms with E-state index in [0.29, 0.717) is 5.56 Å². The molecule has 23 heavy (non-hydrogen) atoms. The van der Waals surface area contributed by atoms with Gasteiger partial charge in [0.2, 0.25) is 0 Å². The summed E-state index contributed by atoms with van der Waals surface area (Å²) in [6, 6.07) is 16.8. The molecule has 0 N–H and O–H groups in total. The molecule has 1 atom stereocenters. The first-order chi connectivity index (χ1) is 11.1. The lowest BCUT2D eigenvalue weighted by atomic mass is 10.00. The first kappa shape index (κ1) is 16.5. The van der Waals surface area contributed by atoms with Crippen LogP contribution in [0.4, 0.5) is 0 Å². The first-order valence-corrected chi connectivity index (χ1v) is 7.26. The van der Waals surface area contributed by atoms with Crippen molar-refractivity contribution >= 4 is 11.9 Å². The van der Waals surface area contributed by atoms with Gasteiger partial charge >= 0.3 is 11.9 Å². The van der Waals surface area contributed by atoms with E-state index in [2.05, 4.69) is 6.58 Å². The summed E-state index contributed by atoms with van der Waals surface area (Å²) >= 11 is 0. The number of esters is 2. The monoisotopic (exact) mass is 310 g/mol. The second kappa shape index (κ2) is 7.94. The third kappa shape index (κ3) is 4.54. The standard InChI is InChI=1S/C19H18O4/c1-3-18(20)23-14(2)13-22-19(21)17-12-8-7-11-16(17)15-9-5-4-6-10-15/h3-12,14H,1,13H2,2H3. The summed E-state index contributed by atoms with van der Waals surface area (Å²) in [5, 5.41) is 0. The van der Waals surface area contributed by atoms with E-state index >= 15 is 0 Å². The van der Waals surface area contributed by atoms with Gasteiger partial charge in [0.1, 0.15) is 12.7 Å². The number of carbonyl (C=O) groups is 2. The number of carbonyl (C=O) groups excluding carboxylic acids is 2. The van der Waals surface area contributed by atoms with Crippen LogP contribution in [-0.2, 0) is 14.3 Å². The van der Waals surface area contributed by atoms with Crippen LogP contribution in [0.25, 0.3) is 11.1 Å². The van der Waals surface area contributed by atoms with E-state index in [1.807, 2.05) is 42.5 Å². The lowest BCUT2D eigenvalue weighted by Crippen LogP contribution is -2.21. The van der Waals surface area contributed by atoms with Crippen molar-refractivity contribution in [2.75, 3.05) is 6.61 Å². The zero-order valence-corrected chi connectivity index (χ0v) is 12.9. The molecule has 2 rings (SSSR count). The Morgan fingerprint density at radius 1 is 1.09 bits per heavy atom. The molecule has 0 aliphatic carbocycles. The number of benzene rings is 2. The van der Waals surface area contributed by atoms with Gasteiger partial charge in [-0.1, -0.05) is 55.1 Å². The van der Waals surface area contributed by atoms with Crippen molar-refractivity contribution in [3.8, 4) is 11.1 Å². The SMILES string of the molecule is C=CC(=O)OC(C)COC(=O)c1ccccc1-c1ccccc1. The highest BCUT2D eigenvalue weighted by atomic mass is 16.6. The molecule has 0 radical (unpaired) electrons. The van der Waals surface area contributed by atoms with E-state index in [1.165, 1.54) is 0 Å². The quantitative estimate of drug-likeness (QED) is 0.604. The average molecular weight is 310 g/mol. The van der Waals surface area contributed by atoms with Gasteiger partial charge in [-0.3, -0.25) is 0 Å². The molecule has 4 heteroatoms. The Hall–Kier alpha value is -2.88. The molecule has 2 aromatic rings. The summed E-state index contributed by atoms with van der Waals surface area (Å²) in [5.41, 5.74) is 2.21. The number of rotatable bonds is 6. The van der Waals surface area contributed by atoms with E-state index in [0.717, 1.165) is 17.2 Å². The predicted octanol–water partition coefficient (Wildman–Crippen LogP) is 3.63. The maximum absolute atomic E-state index is 12.3. The van der Waals surface area contributed by atoms with Gasteiger partial charge in [0.25, 0.3) is 0 Å². The topological polar surface area (TPSA) is 52.6 Å². The highest BCUT2D eigenvalue weighted by Crippen LogP contribution is 2.24. The second-order valence-corrected chi connectivity index (χ2v) is 4.96. The molecule has 0 fully saturated rings. The molecule has 0 heterocycles. The van der Waals surface area contributed by atoms with Gasteiger partial charge in [-0.2, -0.15) is 0 Å². The highest BCUT2D eigenvalue weighted by molar-refractivity contribution is 5.97. The average Bonchev–Trinajstić information content (AvgIpc) is 2.60. The first-order valence-electron chi connectivity index (χ1n) is 7.26. The van der Waals surface area contributed by atoms with Gasteiger partial charge in [-0.25, -0.2) is 9.59 Å². The highest BCUT2D eigenvalue weighted by Gasteiger charge is 2.15. The molecule has 0 aromatic heterocycles. The molecule has 118 valence electrons. The van der Waals surface area contributed by atoms with Crippen LogP contribution in [0, 0.1) is 0 Å². The van der Waals surface area contributed by atoms with Gasteiger partial charge in [0, 0.05) is 6.08 Å². The Balaban J connectivity index is 2.09.